The number of hydrogen-bond acceptors (Lipinski definition) is 8. The number of allylic oxidation sites excluding steroid dienone is 4. The molecule has 2 N–H and O–H groups in total. The molecular weight excluding hydrogens is 667 g/mol. The Morgan fingerprint density at radius 1 is 1.02 bits per heavy atom. The zero-order valence-electron chi connectivity index (χ0n) is 25.7. The number of anilines is 1. The minimum absolute atomic E-state index is 0.00776. The van der Waals surface area contributed by atoms with Crippen LogP contribution in [0.5, 0.6) is 0 Å². The number of ether oxygens (including phenoxy) is 2. The van der Waals surface area contributed by atoms with Crippen LogP contribution in [0, 0.1) is 0 Å². The molecule has 0 spiro atoms. The number of carbonyl (C=O) groups is 1. The molecule has 0 fully saturated rings. The summed E-state index contributed by atoms with van der Waals surface area (Å²) in [5.41, 5.74) is -14.9. The summed E-state index contributed by atoms with van der Waals surface area (Å²) in [4.78, 5) is 16.0. The van der Waals surface area contributed by atoms with Crippen LogP contribution in [0.15, 0.2) is 59.6 Å². The number of nitrogens with one attached hydrogen (secondary N) is 1. The van der Waals surface area contributed by atoms with Crippen LogP contribution in [-0.2, 0) is 26.9 Å². The molecule has 3 rings (SSSR count). The predicted octanol–water partition coefficient (Wildman–Crippen LogP) is 8.45. The molecule has 4 bridgehead atoms. The highest BCUT2D eigenvalue weighted by Crippen LogP contribution is 2.50. The van der Waals surface area contributed by atoms with Crippen molar-refractivity contribution in [3.63, 3.8) is 0 Å². The second-order valence-corrected chi connectivity index (χ2v) is 11.5. The van der Waals surface area contributed by atoms with E-state index < -0.39 is 108 Å². The summed E-state index contributed by atoms with van der Waals surface area (Å²) in [6.45, 7) is 10.4. The summed E-state index contributed by atoms with van der Waals surface area (Å²) in [6, 6.07) is 0.00776. The summed E-state index contributed by atoms with van der Waals surface area (Å²) < 4.78 is 147. The van der Waals surface area contributed by atoms with Gasteiger partial charge in [0.15, 0.2) is 5.69 Å². The predicted molar refractivity (Wildman–Crippen MR) is 152 cm³/mol. The van der Waals surface area contributed by atoms with Crippen LogP contribution in [0.4, 0.5) is 50.0 Å². The van der Waals surface area contributed by atoms with Crippen LogP contribution in [0.2, 0.25) is 0 Å². The average molecular weight is 699 g/mol. The highest BCUT2D eigenvalue weighted by atomic mass is 19.4. The van der Waals surface area contributed by atoms with Gasteiger partial charge in [0, 0.05) is 0 Å². The highest BCUT2D eigenvalue weighted by molar-refractivity contribution is 5.89. The monoisotopic (exact) mass is 698 g/mol. The smallest absolute Gasteiger partial charge is 0.426 e. The lowest BCUT2D eigenvalue weighted by Crippen LogP contribution is -2.45. The minimum Gasteiger partial charge on any atom is -0.444 e. The third-order valence-electron chi connectivity index (χ3n) is 6.84. The van der Waals surface area contributed by atoms with Gasteiger partial charge in [0.1, 0.15) is 5.60 Å². The number of nitrogens with zero attached hydrogens (tertiary/aromatic N) is 3. The molecule has 9 nitrogen and oxygen atoms in total. The van der Waals surface area contributed by atoms with Gasteiger partial charge >= 0.3 is 24.6 Å². The van der Waals surface area contributed by atoms with Crippen molar-refractivity contribution >= 4 is 11.8 Å². The van der Waals surface area contributed by atoms with E-state index in [1.165, 1.54) is 39.0 Å². The van der Waals surface area contributed by atoms with E-state index in [9.17, 15) is 49.4 Å². The van der Waals surface area contributed by atoms with Gasteiger partial charge < -0.3 is 19.0 Å². The Morgan fingerprint density at radius 2 is 1.65 bits per heavy atom. The van der Waals surface area contributed by atoms with Crippen LogP contribution < -0.4 is 5.32 Å². The molecule has 48 heavy (non-hydrogen) atoms. The van der Waals surface area contributed by atoms with Crippen LogP contribution in [0.25, 0.3) is 11.6 Å². The van der Waals surface area contributed by atoms with Gasteiger partial charge in [-0.1, -0.05) is 43.5 Å². The molecule has 18 heteroatoms. The van der Waals surface area contributed by atoms with Gasteiger partial charge in [-0.25, -0.2) is 9.78 Å². The summed E-state index contributed by atoms with van der Waals surface area (Å²) >= 11 is 0. The Bertz CT molecular complexity index is 1570. The maximum Gasteiger partial charge on any atom is 0.426 e. The van der Waals surface area contributed by atoms with Crippen LogP contribution in [-0.4, -0.2) is 50.9 Å². The van der Waals surface area contributed by atoms with Crippen molar-refractivity contribution in [2.24, 2.45) is 0 Å². The third kappa shape index (κ3) is 8.26. The molecule has 1 aliphatic rings. The molecule has 0 aliphatic carbocycles. The van der Waals surface area contributed by atoms with Crippen LogP contribution >= 0.6 is 0 Å². The van der Waals surface area contributed by atoms with E-state index >= 15 is 0 Å². The van der Waals surface area contributed by atoms with Crippen LogP contribution in [0.1, 0.15) is 63.6 Å². The van der Waals surface area contributed by atoms with Gasteiger partial charge in [-0.3, -0.25) is 5.32 Å². The number of rotatable bonds is 6. The average Bonchev–Trinajstić information content (AvgIpc) is 3.42. The first-order chi connectivity index (χ1) is 22.0. The first-order valence-corrected chi connectivity index (χ1v) is 14.0. The Kier molecular flexibility index (Phi) is 10.9. The van der Waals surface area contributed by atoms with E-state index in [0.29, 0.717) is 0 Å². The molecule has 1 aliphatic heterocycles. The molecule has 0 saturated heterocycles. The van der Waals surface area contributed by atoms with Gasteiger partial charge in [-0.15, -0.1) is 10.2 Å². The fourth-order valence-electron chi connectivity index (χ4n) is 4.53. The number of pyridine rings is 1. The Balaban J connectivity index is 2.43. The topological polar surface area (TPSA) is 120 Å². The first-order valence-electron chi connectivity index (χ1n) is 14.0. The van der Waals surface area contributed by atoms with Gasteiger partial charge in [0.25, 0.3) is 11.8 Å². The quantitative estimate of drug-likeness (QED) is 0.175. The lowest BCUT2D eigenvalue weighted by molar-refractivity contribution is -0.292. The third-order valence-corrected chi connectivity index (χ3v) is 6.84. The van der Waals surface area contributed by atoms with E-state index in [1.807, 2.05) is 5.32 Å². The SMILES string of the molecule is C=C/C=C(\C=C)COC1(C(F)(F)F)CC/C=C\CCC(O)(C(F)(F)F)c2nc(c(NC(=O)OC(C)(C)C)cc2C(F)(F)F)-c2nnc1o2. The number of carbonyl (C=O) groups excluding carboxylic acids is 1. The molecule has 3 heterocycles. The van der Waals surface area contributed by atoms with Crippen molar-refractivity contribution in [3.05, 3.63) is 72.3 Å². The van der Waals surface area contributed by atoms with Crippen LogP contribution in [0.3, 0.4) is 0 Å². The molecule has 0 aromatic carbocycles. The number of fused-ring (bicyclic) bond motifs is 5. The van der Waals surface area contributed by atoms with Gasteiger partial charge in [-0.05, 0) is 58.1 Å². The van der Waals surface area contributed by atoms with Crippen molar-refractivity contribution in [2.75, 3.05) is 11.9 Å². The fourth-order valence-corrected chi connectivity index (χ4v) is 4.53. The summed E-state index contributed by atoms with van der Waals surface area (Å²) in [5, 5.41) is 19.6. The number of hydrogen-bond donors (Lipinski definition) is 2. The standard InChI is InChI=1S/C30H31F9N4O5/c1-6-12-17(7-2)16-46-27(30(37,38)39)14-11-9-8-10-13-26(45,29(34,35)36)21-18(28(31,32)33)15-19(40-24(44)48-25(3,4)5)20(41-21)22-42-43-23(27)47-22/h6-9,12,15,45H,1-2,10-11,13-14,16H2,3-5H3,(H,40,44)/b9-8-,17-12+. The highest BCUT2D eigenvalue weighted by Gasteiger charge is 2.62. The van der Waals surface area contributed by atoms with E-state index in [-0.39, 0.29) is 11.6 Å². The molecular formula is C30H31F9N4O5. The van der Waals surface area contributed by atoms with E-state index in [0.717, 1.165) is 12.2 Å². The molecule has 2 unspecified atom stereocenters. The molecule has 0 radical (unpaired) electrons. The molecule has 1 amide bonds. The first kappa shape index (κ1) is 38.3. The lowest BCUT2D eigenvalue weighted by Gasteiger charge is -2.33. The molecule has 2 aromatic rings. The second kappa shape index (κ2) is 13.7. The number of alkyl halides is 9. The van der Waals surface area contributed by atoms with Crippen molar-refractivity contribution < 1.29 is 63.3 Å². The largest absolute Gasteiger partial charge is 0.444 e. The van der Waals surface area contributed by atoms with Crippen molar-refractivity contribution in [3.8, 4) is 11.6 Å². The van der Waals surface area contributed by atoms with Gasteiger partial charge in [0.05, 0.1) is 23.6 Å². The fraction of sp³-hybridized carbons (Fsp3) is 0.467. The Labute approximate surface area is 268 Å². The summed E-state index contributed by atoms with van der Waals surface area (Å²) in [6.07, 6.45) is -15.9. The maximum atomic E-state index is 14.9. The number of aliphatic hydroxyl groups is 1. The van der Waals surface area contributed by atoms with E-state index in [1.54, 1.807) is 0 Å². The molecule has 264 valence electrons. The number of halogens is 9. The van der Waals surface area contributed by atoms with Gasteiger partial charge in [0.2, 0.25) is 11.2 Å². The molecule has 0 saturated carbocycles. The summed E-state index contributed by atoms with van der Waals surface area (Å²) in [5.74, 6) is -2.43. The molecule has 2 atom stereocenters. The molecule has 2 aromatic heterocycles. The van der Waals surface area contributed by atoms with Crippen molar-refractivity contribution in [2.45, 2.75) is 81.8 Å². The Hall–Kier alpha value is -4.19. The second-order valence-electron chi connectivity index (χ2n) is 11.5. The minimum atomic E-state index is -5.75. The van der Waals surface area contributed by atoms with E-state index in [4.69, 9.17) is 13.9 Å². The zero-order chi connectivity index (χ0) is 36.3. The van der Waals surface area contributed by atoms with Gasteiger partial charge in [-0.2, -0.15) is 39.5 Å². The summed E-state index contributed by atoms with van der Waals surface area (Å²) in [7, 11) is 0. The maximum absolute atomic E-state index is 14.9. The zero-order valence-corrected chi connectivity index (χ0v) is 25.7. The van der Waals surface area contributed by atoms with Crippen molar-refractivity contribution in [1.82, 2.24) is 15.2 Å². The number of amides is 1. The normalized spacial score (nSPS) is 22.0. The number of aromatic nitrogens is 3. The van der Waals surface area contributed by atoms with Crippen molar-refractivity contribution in [1.29, 1.82) is 0 Å². The lowest BCUT2D eigenvalue weighted by atomic mass is 9.88. The Morgan fingerprint density at radius 3 is 2.17 bits per heavy atom. The van der Waals surface area contributed by atoms with E-state index in [2.05, 4.69) is 28.3 Å².